The zero-order valence-corrected chi connectivity index (χ0v) is 15.1. The van der Waals surface area contributed by atoms with Gasteiger partial charge < -0.3 is 9.84 Å². The van der Waals surface area contributed by atoms with Crippen LogP contribution >= 0.6 is 0 Å². The number of carbonyl (C=O) groups is 2. The second-order valence-corrected chi connectivity index (χ2v) is 7.51. The number of hydrogen-bond donors (Lipinski definition) is 1. The summed E-state index contributed by atoms with van der Waals surface area (Å²) in [7, 11) is 0. The van der Waals surface area contributed by atoms with Crippen molar-refractivity contribution in [1.29, 1.82) is 0 Å². The maximum atomic E-state index is 12.9. The van der Waals surface area contributed by atoms with Crippen molar-refractivity contribution in [3.63, 3.8) is 0 Å². The molecule has 1 unspecified atom stereocenters. The number of benzene rings is 1. The fraction of sp³-hybridized carbons (Fsp3) is 0.444. The highest BCUT2D eigenvalue weighted by molar-refractivity contribution is 6.07. The summed E-state index contributed by atoms with van der Waals surface area (Å²) in [4.78, 5) is 30.4. The first-order chi connectivity index (χ1) is 11.6. The Balaban J connectivity index is 1.86. The molecule has 0 aliphatic carbocycles. The maximum absolute atomic E-state index is 12.9. The molecule has 1 aromatic carbocycles. The third-order valence-corrected chi connectivity index (χ3v) is 4.47. The topological polar surface area (TPSA) is 88.3 Å². The van der Waals surface area contributed by atoms with E-state index in [0.717, 1.165) is 16.0 Å². The Bertz CT molecular complexity index is 820. The lowest BCUT2D eigenvalue weighted by atomic mass is 9.84. The molecule has 0 spiro atoms. The van der Waals surface area contributed by atoms with E-state index >= 15 is 0 Å². The molecule has 7 heteroatoms. The molecule has 1 atom stereocenters. The summed E-state index contributed by atoms with van der Waals surface area (Å²) < 4.78 is 5.01. The van der Waals surface area contributed by atoms with Gasteiger partial charge in [-0.1, -0.05) is 50.2 Å². The van der Waals surface area contributed by atoms with E-state index in [9.17, 15) is 9.59 Å². The smallest absolute Gasteiger partial charge is 0.325 e. The number of nitrogens with zero attached hydrogens (tertiary/aromatic N) is 3. The first-order valence-corrected chi connectivity index (χ1v) is 8.15. The van der Waals surface area contributed by atoms with Crippen molar-refractivity contribution in [2.75, 3.05) is 0 Å². The second-order valence-electron chi connectivity index (χ2n) is 7.51. The molecule has 0 radical (unpaired) electrons. The Labute approximate surface area is 146 Å². The third kappa shape index (κ3) is 3.01. The van der Waals surface area contributed by atoms with Crippen molar-refractivity contribution in [3.8, 4) is 0 Å². The number of hydrogen-bond acceptors (Lipinski definition) is 5. The van der Waals surface area contributed by atoms with Gasteiger partial charge in [-0.2, -0.15) is 4.98 Å². The lowest BCUT2D eigenvalue weighted by Gasteiger charge is -2.24. The number of rotatable bonds is 3. The van der Waals surface area contributed by atoms with Crippen molar-refractivity contribution < 1.29 is 14.1 Å². The summed E-state index contributed by atoms with van der Waals surface area (Å²) in [6, 6.07) is 7.29. The summed E-state index contributed by atoms with van der Waals surface area (Å²) in [5.74, 6) is 0.354. The van der Waals surface area contributed by atoms with Crippen LogP contribution in [-0.2, 0) is 22.3 Å². The van der Waals surface area contributed by atoms with Crippen molar-refractivity contribution in [2.45, 2.75) is 52.1 Å². The number of aromatic nitrogens is 2. The van der Waals surface area contributed by atoms with E-state index in [2.05, 4.69) is 36.2 Å². The Morgan fingerprint density at radius 3 is 2.36 bits per heavy atom. The number of carbonyl (C=O) groups excluding carboxylic acids is 2. The minimum atomic E-state index is -1.11. The van der Waals surface area contributed by atoms with E-state index < -0.39 is 11.6 Å². The van der Waals surface area contributed by atoms with Crippen LogP contribution in [0, 0.1) is 6.92 Å². The van der Waals surface area contributed by atoms with Gasteiger partial charge in [0.1, 0.15) is 12.1 Å². The van der Waals surface area contributed by atoms with Crippen LogP contribution in [0.4, 0.5) is 4.79 Å². The van der Waals surface area contributed by atoms with Gasteiger partial charge in [0.25, 0.3) is 5.91 Å². The van der Waals surface area contributed by atoms with E-state index in [1.165, 1.54) is 0 Å². The molecule has 1 aliphatic rings. The summed E-state index contributed by atoms with van der Waals surface area (Å²) in [6.45, 7) is 9.72. The predicted molar refractivity (Wildman–Crippen MR) is 90.6 cm³/mol. The highest BCUT2D eigenvalue weighted by Gasteiger charge is 2.49. The van der Waals surface area contributed by atoms with Gasteiger partial charge in [0.05, 0.1) is 0 Å². The molecule has 7 nitrogen and oxygen atoms in total. The predicted octanol–water partition coefficient (Wildman–Crippen LogP) is 2.64. The molecule has 1 N–H and O–H groups in total. The van der Waals surface area contributed by atoms with Gasteiger partial charge in [-0.3, -0.25) is 9.69 Å². The monoisotopic (exact) mass is 342 g/mol. The maximum Gasteiger partial charge on any atom is 0.325 e. The van der Waals surface area contributed by atoms with E-state index in [1.54, 1.807) is 13.8 Å². The number of imide groups is 1. The zero-order valence-electron chi connectivity index (χ0n) is 15.1. The van der Waals surface area contributed by atoms with Crippen LogP contribution in [-0.4, -0.2) is 27.0 Å². The molecule has 2 heterocycles. The quantitative estimate of drug-likeness (QED) is 0.866. The minimum absolute atomic E-state index is 0.0181. The van der Waals surface area contributed by atoms with Crippen molar-refractivity contribution in [3.05, 3.63) is 47.1 Å². The molecule has 25 heavy (non-hydrogen) atoms. The fourth-order valence-corrected chi connectivity index (χ4v) is 2.88. The van der Waals surface area contributed by atoms with Gasteiger partial charge in [-0.05, 0) is 30.4 Å². The molecule has 3 amide bonds. The first kappa shape index (κ1) is 17.1. The fourth-order valence-electron chi connectivity index (χ4n) is 2.88. The van der Waals surface area contributed by atoms with Crippen LogP contribution in [0.1, 0.15) is 50.5 Å². The Kier molecular flexibility index (Phi) is 3.89. The van der Waals surface area contributed by atoms with Crippen LogP contribution in [0.15, 0.2) is 28.8 Å². The Morgan fingerprint density at radius 2 is 1.84 bits per heavy atom. The highest BCUT2D eigenvalue weighted by atomic mass is 16.5. The first-order valence-electron chi connectivity index (χ1n) is 8.15. The molecule has 0 saturated carbocycles. The van der Waals surface area contributed by atoms with Crippen molar-refractivity contribution >= 4 is 11.9 Å². The van der Waals surface area contributed by atoms with E-state index in [-0.39, 0.29) is 23.8 Å². The van der Waals surface area contributed by atoms with Gasteiger partial charge >= 0.3 is 6.03 Å². The lowest BCUT2D eigenvalue weighted by Crippen LogP contribution is -2.40. The van der Waals surface area contributed by atoms with Gasteiger partial charge in [-0.15, -0.1) is 0 Å². The molecular weight excluding hydrogens is 320 g/mol. The molecule has 1 saturated heterocycles. The summed E-state index contributed by atoms with van der Waals surface area (Å²) in [5.41, 5.74) is 0.810. The van der Waals surface area contributed by atoms with Crippen LogP contribution in [0.25, 0.3) is 0 Å². The van der Waals surface area contributed by atoms with E-state index in [0.29, 0.717) is 5.82 Å². The van der Waals surface area contributed by atoms with Gasteiger partial charge in [0.15, 0.2) is 5.82 Å². The molecule has 0 bridgehead atoms. The van der Waals surface area contributed by atoms with Crippen molar-refractivity contribution in [1.82, 2.24) is 20.4 Å². The van der Waals surface area contributed by atoms with Crippen LogP contribution < -0.4 is 5.32 Å². The molecule has 1 aromatic heterocycles. The molecular formula is C18H22N4O3. The highest BCUT2D eigenvalue weighted by Crippen LogP contribution is 2.31. The molecule has 2 aromatic rings. The normalized spacial score (nSPS) is 20.9. The number of urea groups is 1. The zero-order chi connectivity index (χ0) is 18.4. The lowest BCUT2D eigenvalue weighted by molar-refractivity contribution is -0.131. The second kappa shape index (κ2) is 5.68. The van der Waals surface area contributed by atoms with E-state index in [1.807, 2.05) is 24.3 Å². The number of aryl methyl sites for hydroxylation is 1. The molecule has 1 fully saturated rings. The standard InChI is InChI=1S/C18H22N4O3/c1-11-19-14(25-21-11)10-22-15(23)18(5,20-16(22)24)13-8-6-12(7-9-13)17(2,3)4/h6-9H,10H2,1-5H3,(H,20,24). The van der Waals surface area contributed by atoms with Gasteiger partial charge in [-0.25, -0.2) is 4.79 Å². The van der Waals surface area contributed by atoms with Crippen LogP contribution in [0.2, 0.25) is 0 Å². The number of amides is 3. The average Bonchev–Trinajstić information content (AvgIpc) is 3.04. The largest absolute Gasteiger partial charge is 0.337 e. The van der Waals surface area contributed by atoms with Gasteiger partial charge in [0, 0.05) is 0 Å². The minimum Gasteiger partial charge on any atom is -0.337 e. The third-order valence-electron chi connectivity index (χ3n) is 4.47. The molecule has 1 aliphatic heterocycles. The van der Waals surface area contributed by atoms with E-state index in [4.69, 9.17) is 4.52 Å². The Hall–Kier alpha value is -2.70. The van der Waals surface area contributed by atoms with Crippen LogP contribution in [0.5, 0.6) is 0 Å². The molecule has 132 valence electrons. The summed E-state index contributed by atoms with van der Waals surface area (Å²) >= 11 is 0. The SMILES string of the molecule is Cc1noc(CN2C(=O)NC(C)(c3ccc(C(C)(C)C)cc3)C2=O)n1. The molecule has 3 rings (SSSR count). The summed E-state index contributed by atoms with van der Waals surface area (Å²) in [5, 5.41) is 6.46. The van der Waals surface area contributed by atoms with Gasteiger partial charge in [0.2, 0.25) is 5.89 Å². The average molecular weight is 342 g/mol. The van der Waals surface area contributed by atoms with Crippen molar-refractivity contribution in [2.24, 2.45) is 0 Å². The summed E-state index contributed by atoms with van der Waals surface area (Å²) in [6.07, 6.45) is 0. The Morgan fingerprint density at radius 1 is 1.20 bits per heavy atom. The number of nitrogens with one attached hydrogen (secondary N) is 1. The van der Waals surface area contributed by atoms with Crippen LogP contribution in [0.3, 0.4) is 0 Å².